The van der Waals surface area contributed by atoms with E-state index in [0.29, 0.717) is 52.6 Å². The van der Waals surface area contributed by atoms with Gasteiger partial charge in [0.05, 0.1) is 29.8 Å². The normalized spacial score (nSPS) is 22.3. The molecule has 0 spiro atoms. The summed E-state index contributed by atoms with van der Waals surface area (Å²) in [4.78, 5) is 29.8. The zero-order valence-electron chi connectivity index (χ0n) is 24.9. The summed E-state index contributed by atoms with van der Waals surface area (Å²) in [6.45, 7) is 5.87. The van der Waals surface area contributed by atoms with E-state index in [1.165, 1.54) is 7.11 Å². The van der Waals surface area contributed by atoms with Crippen molar-refractivity contribution in [2.45, 2.75) is 44.2 Å². The van der Waals surface area contributed by atoms with Gasteiger partial charge in [-0.2, -0.15) is 26.3 Å². The molecule has 2 heterocycles. The number of fused-ring (bicyclic) bond motifs is 2. The topological polar surface area (TPSA) is 92.3 Å². The maximum absolute atomic E-state index is 13.5. The molecule has 0 bridgehead atoms. The maximum Gasteiger partial charge on any atom is 0.416 e. The molecule has 2 fully saturated rings. The van der Waals surface area contributed by atoms with Crippen LogP contribution in [0.1, 0.15) is 42.5 Å². The number of aromatic nitrogens is 1. The van der Waals surface area contributed by atoms with Crippen LogP contribution in [0.25, 0.3) is 10.9 Å². The lowest BCUT2D eigenvalue weighted by Gasteiger charge is -2.30. The number of allylic oxidation sites excluding steroid dienone is 3. The Bertz CT molecular complexity index is 1650. The minimum atomic E-state index is -5.10. The fourth-order valence-corrected chi connectivity index (χ4v) is 6.50. The molecular weight excluding hydrogens is 614 g/mol. The third-order valence-corrected chi connectivity index (χ3v) is 8.69. The number of ether oxygens (including phenoxy) is 1. The van der Waals surface area contributed by atoms with Gasteiger partial charge in [-0.05, 0) is 85.2 Å². The van der Waals surface area contributed by atoms with Crippen molar-refractivity contribution in [3.63, 3.8) is 0 Å². The van der Waals surface area contributed by atoms with Crippen LogP contribution < -0.4 is 20.7 Å². The summed E-state index contributed by atoms with van der Waals surface area (Å²) in [7, 11) is 1.51. The summed E-state index contributed by atoms with van der Waals surface area (Å²) in [5, 5.41) is 9.73. The molecule has 4 unspecified atom stereocenters. The Hall–Kier alpha value is -4.39. The smallest absolute Gasteiger partial charge is 0.416 e. The van der Waals surface area contributed by atoms with Crippen molar-refractivity contribution in [2.24, 2.45) is 17.8 Å². The van der Waals surface area contributed by atoms with Crippen molar-refractivity contribution in [2.75, 3.05) is 19.0 Å². The van der Waals surface area contributed by atoms with E-state index in [0.717, 1.165) is 19.9 Å². The van der Waals surface area contributed by atoms with Crippen molar-refractivity contribution in [3.05, 3.63) is 89.4 Å². The fourth-order valence-electron chi connectivity index (χ4n) is 6.50. The Morgan fingerprint density at radius 1 is 1.11 bits per heavy atom. The molecule has 1 aliphatic carbocycles. The van der Waals surface area contributed by atoms with Crippen LogP contribution in [0, 0.1) is 17.8 Å². The Balaban J connectivity index is 1.59. The Labute approximate surface area is 261 Å². The van der Waals surface area contributed by atoms with Crippen molar-refractivity contribution in [3.8, 4) is 5.75 Å². The van der Waals surface area contributed by atoms with E-state index < -0.39 is 46.7 Å². The molecule has 5 rings (SSSR count). The molecule has 13 heteroatoms. The number of hydrogen-bond acceptors (Lipinski definition) is 7. The monoisotopic (exact) mass is 646 g/mol. The van der Waals surface area contributed by atoms with E-state index in [1.54, 1.807) is 30.5 Å². The van der Waals surface area contributed by atoms with Crippen LogP contribution in [0.4, 0.5) is 32.0 Å². The van der Waals surface area contributed by atoms with Crippen LogP contribution in [-0.4, -0.2) is 36.7 Å². The number of carbonyl (C=O) groups is 2. The zero-order chi connectivity index (χ0) is 33.4. The SMILES string of the molecule is C=CC1C2CCNC(CC(N/C(C(C)=O)=C(/C=O)Nc3cc(C(F)(F)F)cc(C(F)(F)F)c3)c3ccnc4ccc(OC)cc34)[C@@H]12. The van der Waals surface area contributed by atoms with Gasteiger partial charge in [-0.3, -0.25) is 14.6 Å². The van der Waals surface area contributed by atoms with E-state index in [-0.39, 0.29) is 30.0 Å². The number of anilines is 1. The summed E-state index contributed by atoms with van der Waals surface area (Å²) in [6.07, 6.45) is -5.08. The van der Waals surface area contributed by atoms with Crippen LogP contribution in [0.2, 0.25) is 0 Å². The number of halogens is 6. The molecule has 46 heavy (non-hydrogen) atoms. The first-order chi connectivity index (χ1) is 21.7. The number of nitrogens with zero attached hydrogens (tertiary/aromatic N) is 1. The second-order valence-corrected chi connectivity index (χ2v) is 11.5. The van der Waals surface area contributed by atoms with Crippen LogP contribution in [0.15, 0.2) is 72.7 Å². The minimum Gasteiger partial charge on any atom is -0.497 e. The van der Waals surface area contributed by atoms with Crippen LogP contribution >= 0.6 is 0 Å². The van der Waals surface area contributed by atoms with Gasteiger partial charge in [0.25, 0.3) is 0 Å². The molecule has 2 aliphatic rings. The van der Waals surface area contributed by atoms with E-state index in [2.05, 4.69) is 27.5 Å². The maximum atomic E-state index is 13.5. The lowest BCUT2D eigenvalue weighted by molar-refractivity contribution is -0.143. The highest BCUT2D eigenvalue weighted by Crippen LogP contribution is 2.54. The minimum absolute atomic E-state index is 0.0166. The quantitative estimate of drug-likeness (QED) is 0.0912. The standard InChI is InChI=1S/C33H32F6N4O3/c1-4-22-24-8-10-41-28(30(22)24)15-27(23-7-9-40-26-6-5-21(46-3)14-25(23)26)43-31(17(2)45)29(16-44)42-20-12-18(32(34,35)36)11-19(13-20)33(37,38)39/h4-7,9,11-14,16,22,24,27-28,30,41-43H,1,8,10,15H2,2-3H3/b31-29-/t22?,24?,27?,28?,30-/m0/s1. The summed E-state index contributed by atoms with van der Waals surface area (Å²) in [6, 6.07) is 7.26. The number of carbonyl (C=O) groups excluding carboxylic acids is 2. The van der Waals surface area contributed by atoms with Crippen LogP contribution in [-0.2, 0) is 21.9 Å². The average molecular weight is 647 g/mol. The third kappa shape index (κ3) is 6.88. The molecule has 7 nitrogen and oxygen atoms in total. The highest BCUT2D eigenvalue weighted by atomic mass is 19.4. The highest BCUT2D eigenvalue weighted by Gasteiger charge is 2.54. The lowest BCUT2D eigenvalue weighted by Crippen LogP contribution is -2.40. The molecular formula is C33H32F6N4O3. The number of ketones is 1. The van der Waals surface area contributed by atoms with E-state index >= 15 is 0 Å². The first kappa shape index (κ1) is 33.0. The van der Waals surface area contributed by atoms with Crippen molar-refractivity contribution in [1.82, 2.24) is 15.6 Å². The molecule has 1 aliphatic heterocycles. The van der Waals surface area contributed by atoms with Gasteiger partial charge in [0.2, 0.25) is 0 Å². The summed E-state index contributed by atoms with van der Waals surface area (Å²) in [5.74, 6) is 0.944. The number of nitrogens with one attached hydrogen (secondary N) is 3. The highest BCUT2D eigenvalue weighted by molar-refractivity contribution is 6.00. The first-order valence-corrected chi connectivity index (χ1v) is 14.6. The predicted octanol–water partition coefficient (Wildman–Crippen LogP) is 6.82. The molecule has 3 N–H and O–H groups in total. The van der Waals surface area contributed by atoms with E-state index in [1.807, 2.05) is 6.08 Å². The molecule has 0 amide bonds. The van der Waals surface area contributed by atoms with Gasteiger partial charge >= 0.3 is 12.4 Å². The third-order valence-electron chi connectivity index (χ3n) is 8.69. The van der Waals surface area contributed by atoms with Gasteiger partial charge in [-0.25, -0.2) is 0 Å². The molecule has 3 aromatic rings. The van der Waals surface area contributed by atoms with Gasteiger partial charge in [-0.15, -0.1) is 6.58 Å². The molecule has 5 atom stereocenters. The Morgan fingerprint density at radius 2 is 1.80 bits per heavy atom. The molecule has 2 aromatic carbocycles. The number of piperidine rings is 1. The van der Waals surface area contributed by atoms with Gasteiger partial charge in [0.15, 0.2) is 12.1 Å². The Kier molecular flexibility index (Phi) is 9.16. The van der Waals surface area contributed by atoms with Gasteiger partial charge in [-0.1, -0.05) is 6.08 Å². The number of rotatable bonds is 11. The largest absolute Gasteiger partial charge is 0.497 e. The Morgan fingerprint density at radius 3 is 2.39 bits per heavy atom. The van der Waals surface area contributed by atoms with Crippen molar-refractivity contribution >= 4 is 28.7 Å². The van der Waals surface area contributed by atoms with Crippen molar-refractivity contribution in [1.29, 1.82) is 0 Å². The molecule has 1 saturated heterocycles. The van der Waals surface area contributed by atoms with E-state index in [4.69, 9.17) is 4.74 Å². The first-order valence-electron chi connectivity index (χ1n) is 14.6. The number of aldehydes is 1. The average Bonchev–Trinajstić information content (AvgIpc) is 3.74. The summed E-state index contributed by atoms with van der Waals surface area (Å²) >= 11 is 0. The zero-order valence-corrected chi connectivity index (χ0v) is 24.9. The van der Waals surface area contributed by atoms with Crippen LogP contribution in [0.5, 0.6) is 5.75 Å². The van der Waals surface area contributed by atoms with Gasteiger partial charge in [0.1, 0.15) is 17.1 Å². The lowest BCUT2D eigenvalue weighted by atomic mass is 9.91. The molecule has 0 radical (unpaired) electrons. The van der Waals surface area contributed by atoms with E-state index in [9.17, 15) is 35.9 Å². The molecule has 1 aromatic heterocycles. The predicted molar refractivity (Wildman–Crippen MR) is 160 cm³/mol. The summed E-state index contributed by atoms with van der Waals surface area (Å²) < 4.78 is 86.6. The fraction of sp³-hybridized carbons (Fsp3) is 0.364. The van der Waals surface area contributed by atoms with Gasteiger partial charge < -0.3 is 20.7 Å². The second kappa shape index (κ2) is 12.8. The van der Waals surface area contributed by atoms with Crippen LogP contribution in [0.3, 0.4) is 0 Å². The number of methoxy groups -OCH3 is 1. The number of benzene rings is 2. The number of pyridine rings is 1. The second-order valence-electron chi connectivity index (χ2n) is 11.5. The number of hydrogen-bond donors (Lipinski definition) is 3. The molecule has 1 saturated carbocycles. The number of Topliss-reactive ketones (excluding diaryl/α,β-unsaturated/α-hetero) is 1. The number of alkyl halides is 6. The van der Waals surface area contributed by atoms with Gasteiger partial charge in [0, 0.05) is 30.2 Å². The summed E-state index contributed by atoms with van der Waals surface area (Å²) in [5.41, 5.74) is -3.30. The van der Waals surface area contributed by atoms with Crippen molar-refractivity contribution < 1.29 is 40.7 Å². The molecule has 244 valence electrons.